The Labute approximate surface area is 110 Å². The average molecular weight is 257 g/mol. The quantitative estimate of drug-likeness (QED) is 0.274. The van der Waals surface area contributed by atoms with Crippen molar-refractivity contribution in [3.63, 3.8) is 0 Å². The summed E-state index contributed by atoms with van der Waals surface area (Å²) in [5, 5.41) is 6.18. The summed E-state index contributed by atoms with van der Waals surface area (Å²) in [4.78, 5) is 15.4. The lowest BCUT2D eigenvalue weighted by molar-refractivity contribution is -0.128. The molecule has 18 heavy (non-hydrogen) atoms. The van der Waals surface area contributed by atoms with Gasteiger partial charge in [0.15, 0.2) is 5.96 Å². The van der Waals surface area contributed by atoms with Crippen LogP contribution in [0.1, 0.15) is 33.6 Å². The van der Waals surface area contributed by atoms with Crippen LogP contribution in [0.25, 0.3) is 0 Å². The molecule has 0 radical (unpaired) electrons. The molecule has 0 atom stereocenters. The molecule has 0 aliphatic heterocycles. The van der Waals surface area contributed by atoms with Crippen LogP contribution in [-0.4, -0.2) is 38.0 Å². The average Bonchev–Trinajstić information content (AvgIpc) is 2.24. The highest BCUT2D eigenvalue weighted by molar-refractivity contribution is 5.81. The first-order valence-electron chi connectivity index (χ1n) is 6.38. The molecule has 0 spiro atoms. The Morgan fingerprint density at radius 1 is 1.11 bits per heavy atom. The van der Waals surface area contributed by atoms with E-state index in [1.165, 1.54) is 0 Å². The van der Waals surface area contributed by atoms with Crippen molar-refractivity contribution in [2.45, 2.75) is 33.6 Å². The summed E-state index contributed by atoms with van der Waals surface area (Å²) in [7, 11) is 0. The van der Waals surface area contributed by atoms with Crippen molar-refractivity contribution >= 4 is 11.9 Å². The fraction of sp³-hybridized carbons (Fsp3) is 0.833. The summed E-state index contributed by atoms with van der Waals surface area (Å²) in [6.07, 6.45) is 1.83. The maximum absolute atomic E-state index is 11.5. The van der Waals surface area contributed by atoms with Gasteiger partial charge in [0.25, 0.3) is 0 Å². The predicted octanol–water partition coefficient (Wildman–Crippen LogP) is -0.208. The van der Waals surface area contributed by atoms with E-state index in [1.807, 2.05) is 20.8 Å². The van der Waals surface area contributed by atoms with E-state index in [9.17, 15) is 4.79 Å². The minimum Gasteiger partial charge on any atom is -0.370 e. The van der Waals surface area contributed by atoms with Crippen LogP contribution in [0.4, 0.5) is 0 Å². The van der Waals surface area contributed by atoms with Gasteiger partial charge in [-0.1, -0.05) is 20.8 Å². The number of carbonyl (C=O) groups is 1. The third kappa shape index (κ3) is 9.89. The number of nitrogens with one attached hydrogen (secondary N) is 2. The monoisotopic (exact) mass is 257 g/mol. The molecule has 106 valence electrons. The van der Waals surface area contributed by atoms with Gasteiger partial charge >= 0.3 is 0 Å². The van der Waals surface area contributed by atoms with E-state index in [2.05, 4.69) is 15.6 Å². The van der Waals surface area contributed by atoms with Crippen LogP contribution in [0.3, 0.4) is 0 Å². The second-order valence-corrected chi connectivity index (χ2v) is 5.27. The number of hydrogen-bond donors (Lipinski definition) is 4. The number of carbonyl (C=O) groups excluding carboxylic acids is 1. The minimum absolute atomic E-state index is 0.0928. The summed E-state index contributed by atoms with van der Waals surface area (Å²) in [6.45, 7) is 8.84. The van der Waals surface area contributed by atoms with E-state index in [0.717, 1.165) is 25.9 Å². The Morgan fingerprint density at radius 2 is 1.72 bits per heavy atom. The zero-order chi connectivity index (χ0) is 14.0. The van der Waals surface area contributed by atoms with Crippen LogP contribution in [-0.2, 0) is 4.79 Å². The van der Waals surface area contributed by atoms with Crippen LogP contribution in [0.15, 0.2) is 4.99 Å². The second-order valence-electron chi connectivity index (χ2n) is 5.27. The highest BCUT2D eigenvalue weighted by atomic mass is 16.2. The van der Waals surface area contributed by atoms with E-state index in [4.69, 9.17) is 11.5 Å². The first kappa shape index (κ1) is 16.7. The Bertz CT molecular complexity index is 266. The van der Waals surface area contributed by atoms with Gasteiger partial charge in [-0.25, -0.2) is 0 Å². The predicted molar refractivity (Wildman–Crippen MR) is 75.2 cm³/mol. The largest absolute Gasteiger partial charge is 0.370 e. The standard InChI is InChI=1S/C12H27N5O/c1-12(2,3)10(18)16-8-4-6-15-7-5-9-17-11(13)14/h15H,4-9H2,1-3H3,(H,16,18)(H4,13,14,17). The molecule has 0 saturated carbocycles. The maximum atomic E-state index is 11.5. The van der Waals surface area contributed by atoms with Crippen LogP contribution in [0, 0.1) is 5.41 Å². The Morgan fingerprint density at radius 3 is 2.28 bits per heavy atom. The van der Waals surface area contributed by atoms with Gasteiger partial charge < -0.3 is 22.1 Å². The third-order valence-corrected chi connectivity index (χ3v) is 2.30. The molecular formula is C12H27N5O. The van der Waals surface area contributed by atoms with Gasteiger partial charge in [-0.3, -0.25) is 9.79 Å². The van der Waals surface area contributed by atoms with Crippen molar-refractivity contribution in [3.05, 3.63) is 0 Å². The molecular weight excluding hydrogens is 230 g/mol. The molecule has 0 rings (SSSR count). The molecule has 0 bridgehead atoms. The van der Waals surface area contributed by atoms with Crippen molar-refractivity contribution in [3.8, 4) is 0 Å². The molecule has 6 N–H and O–H groups in total. The topological polar surface area (TPSA) is 106 Å². The van der Waals surface area contributed by atoms with Crippen LogP contribution in [0.5, 0.6) is 0 Å². The number of nitrogens with zero attached hydrogens (tertiary/aromatic N) is 1. The van der Waals surface area contributed by atoms with Crippen LogP contribution >= 0.6 is 0 Å². The molecule has 1 amide bonds. The Balaban J connectivity index is 3.32. The summed E-state index contributed by atoms with van der Waals surface area (Å²) >= 11 is 0. The van der Waals surface area contributed by atoms with E-state index in [1.54, 1.807) is 0 Å². The number of aliphatic imine (C=N–C) groups is 1. The first-order valence-corrected chi connectivity index (χ1v) is 6.38. The van der Waals surface area contributed by atoms with Gasteiger partial charge in [0.05, 0.1) is 0 Å². The fourth-order valence-electron chi connectivity index (χ4n) is 1.22. The highest BCUT2D eigenvalue weighted by Gasteiger charge is 2.19. The van der Waals surface area contributed by atoms with Gasteiger partial charge in [-0.2, -0.15) is 0 Å². The zero-order valence-electron chi connectivity index (χ0n) is 11.8. The molecule has 0 saturated heterocycles. The lowest BCUT2D eigenvalue weighted by Crippen LogP contribution is -2.36. The van der Waals surface area contributed by atoms with E-state index >= 15 is 0 Å². The lowest BCUT2D eigenvalue weighted by atomic mass is 9.96. The Hall–Kier alpha value is -1.30. The van der Waals surface area contributed by atoms with Crippen LogP contribution in [0.2, 0.25) is 0 Å². The van der Waals surface area contributed by atoms with Gasteiger partial charge in [-0.15, -0.1) is 0 Å². The second kappa shape index (κ2) is 8.74. The molecule has 0 fully saturated rings. The molecule has 6 nitrogen and oxygen atoms in total. The van der Waals surface area contributed by atoms with E-state index in [-0.39, 0.29) is 17.3 Å². The highest BCUT2D eigenvalue weighted by Crippen LogP contribution is 2.11. The minimum atomic E-state index is -0.312. The molecule has 6 heteroatoms. The lowest BCUT2D eigenvalue weighted by Gasteiger charge is -2.17. The SMILES string of the molecule is CC(C)(C)C(=O)NCCCNCCCN=C(N)N. The normalized spacial score (nSPS) is 11.1. The number of rotatable bonds is 8. The third-order valence-electron chi connectivity index (χ3n) is 2.30. The van der Waals surface area contributed by atoms with Crippen molar-refractivity contribution in [1.82, 2.24) is 10.6 Å². The number of amides is 1. The summed E-state index contributed by atoms with van der Waals surface area (Å²) in [5.41, 5.74) is 10.1. The summed E-state index contributed by atoms with van der Waals surface area (Å²) in [6, 6.07) is 0. The fourth-order valence-corrected chi connectivity index (χ4v) is 1.22. The molecule has 0 unspecified atom stereocenters. The van der Waals surface area contributed by atoms with Crippen molar-refractivity contribution < 1.29 is 4.79 Å². The molecule has 0 aliphatic rings. The zero-order valence-corrected chi connectivity index (χ0v) is 11.8. The smallest absolute Gasteiger partial charge is 0.225 e. The molecule has 0 aliphatic carbocycles. The number of guanidine groups is 1. The molecule has 0 heterocycles. The van der Waals surface area contributed by atoms with E-state index < -0.39 is 0 Å². The number of nitrogens with two attached hydrogens (primary N) is 2. The van der Waals surface area contributed by atoms with Crippen molar-refractivity contribution in [2.24, 2.45) is 21.9 Å². The summed E-state index contributed by atoms with van der Waals surface area (Å²) < 4.78 is 0. The molecule has 0 aromatic heterocycles. The summed E-state index contributed by atoms with van der Waals surface area (Å²) in [5.74, 6) is 0.232. The van der Waals surface area contributed by atoms with E-state index in [0.29, 0.717) is 13.1 Å². The first-order chi connectivity index (χ1) is 8.34. The van der Waals surface area contributed by atoms with Gasteiger partial charge in [0.1, 0.15) is 0 Å². The van der Waals surface area contributed by atoms with Gasteiger partial charge in [0.2, 0.25) is 5.91 Å². The number of hydrogen-bond acceptors (Lipinski definition) is 3. The van der Waals surface area contributed by atoms with Crippen molar-refractivity contribution in [2.75, 3.05) is 26.2 Å². The van der Waals surface area contributed by atoms with Gasteiger partial charge in [0, 0.05) is 18.5 Å². The van der Waals surface area contributed by atoms with Crippen LogP contribution < -0.4 is 22.1 Å². The molecule has 0 aromatic carbocycles. The van der Waals surface area contributed by atoms with Gasteiger partial charge in [-0.05, 0) is 25.9 Å². The Kier molecular flexibility index (Phi) is 8.11. The van der Waals surface area contributed by atoms with Crippen molar-refractivity contribution in [1.29, 1.82) is 0 Å². The molecule has 0 aromatic rings. The maximum Gasteiger partial charge on any atom is 0.225 e.